The second kappa shape index (κ2) is 6.74. The summed E-state index contributed by atoms with van der Waals surface area (Å²) < 4.78 is 41.0. The van der Waals surface area contributed by atoms with Gasteiger partial charge in [-0.25, -0.2) is 4.98 Å². The van der Waals surface area contributed by atoms with Crippen molar-refractivity contribution in [2.75, 3.05) is 5.88 Å². The number of nitrogens with zero attached hydrogens (tertiary/aromatic N) is 3. The fraction of sp³-hybridized carbons (Fsp3) is 0.158. The van der Waals surface area contributed by atoms with Crippen LogP contribution in [-0.4, -0.2) is 25.6 Å². The maximum absolute atomic E-state index is 13.1. The highest BCUT2D eigenvalue weighted by Crippen LogP contribution is 2.34. The predicted octanol–water partition coefficient (Wildman–Crippen LogP) is 5.22. The van der Waals surface area contributed by atoms with Crippen LogP contribution in [-0.2, 0) is 12.6 Å². The first-order chi connectivity index (χ1) is 13.0. The van der Waals surface area contributed by atoms with Crippen molar-refractivity contribution in [1.29, 1.82) is 0 Å². The first kappa shape index (κ1) is 17.6. The Labute approximate surface area is 157 Å². The third-order valence-corrected chi connectivity index (χ3v) is 4.49. The normalized spacial score (nSPS) is 12.0. The van der Waals surface area contributed by atoms with Crippen molar-refractivity contribution in [2.24, 2.45) is 0 Å². The van der Waals surface area contributed by atoms with Crippen molar-refractivity contribution < 1.29 is 13.2 Å². The Morgan fingerprint density at radius 2 is 1.81 bits per heavy atom. The molecular weight excluding hydrogens is 377 g/mol. The van der Waals surface area contributed by atoms with E-state index in [0.717, 1.165) is 29.8 Å². The minimum absolute atomic E-state index is 0.263. The van der Waals surface area contributed by atoms with Gasteiger partial charge >= 0.3 is 6.18 Å². The number of alkyl halides is 4. The molecule has 0 atom stereocenters. The van der Waals surface area contributed by atoms with Crippen molar-refractivity contribution in [2.45, 2.75) is 12.6 Å². The van der Waals surface area contributed by atoms with E-state index in [9.17, 15) is 13.2 Å². The lowest BCUT2D eigenvalue weighted by molar-refractivity contribution is -0.137. The highest BCUT2D eigenvalue weighted by Gasteiger charge is 2.31. The van der Waals surface area contributed by atoms with Gasteiger partial charge in [-0.1, -0.05) is 12.1 Å². The third kappa shape index (κ3) is 3.30. The van der Waals surface area contributed by atoms with Crippen molar-refractivity contribution in [3.8, 4) is 17.2 Å². The summed E-state index contributed by atoms with van der Waals surface area (Å²) in [6.07, 6.45) is -2.10. The van der Waals surface area contributed by atoms with E-state index < -0.39 is 11.7 Å². The average molecular weight is 391 g/mol. The quantitative estimate of drug-likeness (QED) is 0.486. The van der Waals surface area contributed by atoms with Gasteiger partial charge in [0.25, 0.3) is 0 Å². The molecule has 2 aromatic carbocycles. The summed E-state index contributed by atoms with van der Waals surface area (Å²) >= 11 is 5.78. The van der Waals surface area contributed by atoms with Crippen LogP contribution in [0, 0.1) is 0 Å². The summed E-state index contributed by atoms with van der Waals surface area (Å²) in [5, 5.41) is 6.75. The van der Waals surface area contributed by atoms with E-state index in [-0.39, 0.29) is 5.52 Å². The maximum atomic E-state index is 13.1. The molecule has 2 aromatic heterocycles. The molecule has 1 N–H and O–H groups in total. The SMILES string of the molecule is FC(F)(F)c1ccc2c(c1)nc(-c1ccn[nH]1)n2-c1ccc(CCCl)cc1. The number of halogens is 4. The molecule has 0 bridgehead atoms. The van der Waals surface area contributed by atoms with Gasteiger partial charge < -0.3 is 0 Å². The Hall–Kier alpha value is -2.80. The second-order valence-electron chi connectivity index (χ2n) is 6.05. The van der Waals surface area contributed by atoms with Crippen LogP contribution in [0.1, 0.15) is 11.1 Å². The van der Waals surface area contributed by atoms with Crippen molar-refractivity contribution in [1.82, 2.24) is 19.7 Å². The number of aromatic amines is 1. The van der Waals surface area contributed by atoms with E-state index in [1.54, 1.807) is 12.3 Å². The number of fused-ring (bicyclic) bond motifs is 1. The molecule has 0 aliphatic carbocycles. The number of imidazole rings is 1. The minimum Gasteiger partial charge on any atom is -0.291 e. The molecule has 0 fully saturated rings. The topological polar surface area (TPSA) is 46.5 Å². The summed E-state index contributed by atoms with van der Waals surface area (Å²) in [6.45, 7) is 0. The molecule has 27 heavy (non-hydrogen) atoms. The maximum Gasteiger partial charge on any atom is 0.416 e. The Morgan fingerprint density at radius 3 is 2.44 bits per heavy atom. The van der Waals surface area contributed by atoms with Crippen molar-refractivity contribution >= 4 is 22.6 Å². The van der Waals surface area contributed by atoms with Crippen molar-refractivity contribution in [3.05, 3.63) is 65.9 Å². The first-order valence-electron chi connectivity index (χ1n) is 8.22. The molecule has 4 aromatic rings. The minimum atomic E-state index is -4.42. The molecule has 0 aliphatic heterocycles. The number of hydrogen-bond acceptors (Lipinski definition) is 2. The summed E-state index contributed by atoms with van der Waals surface area (Å²) in [7, 11) is 0. The van der Waals surface area contributed by atoms with Crippen molar-refractivity contribution in [3.63, 3.8) is 0 Å². The Balaban J connectivity index is 1.92. The van der Waals surface area contributed by atoms with Gasteiger partial charge in [-0.05, 0) is 48.4 Å². The Bertz CT molecular complexity index is 1070. The highest BCUT2D eigenvalue weighted by molar-refractivity contribution is 6.17. The molecule has 0 spiro atoms. The number of aromatic nitrogens is 4. The van der Waals surface area contributed by atoms with Crippen LogP contribution in [0.2, 0.25) is 0 Å². The third-order valence-electron chi connectivity index (χ3n) is 4.30. The van der Waals surface area contributed by atoms with Gasteiger partial charge in [-0.15, -0.1) is 11.6 Å². The van der Waals surface area contributed by atoms with Crippen LogP contribution in [0.15, 0.2) is 54.7 Å². The number of benzene rings is 2. The zero-order chi connectivity index (χ0) is 19.0. The molecule has 138 valence electrons. The summed E-state index contributed by atoms with van der Waals surface area (Å²) in [4.78, 5) is 4.44. The lowest BCUT2D eigenvalue weighted by Crippen LogP contribution is -2.04. The lowest BCUT2D eigenvalue weighted by atomic mass is 10.1. The molecule has 4 rings (SSSR count). The molecule has 0 radical (unpaired) electrons. The second-order valence-corrected chi connectivity index (χ2v) is 6.43. The molecule has 0 saturated carbocycles. The molecule has 0 amide bonds. The number of rotatable bonds is 4. The summed E-state index contributed by atoms with van der Waals surface area (Å²) in [5.74, 6) is 1.01. The monoisotopic (exact) mass is 390 g/mol. The Morgan fingerprint density at radius 1 is 1.04 bits per heavy atom. The summed E-state index contributed by atoms with van der Waals surface area (Å²) in [5.41, 5.74) is 2.61. The lowest BCUT2D eigenvalue weighted by Gasteiger charge is -2.10. The first-order valence-corrected chi connectivity index (χ1v) is 8.75. The number of aryl methyl sites for hydroxylation is 1. The Kier molecular flexibility index (Phi) is 4.39. The van der Waals surface area contributed by atoms with E-state index >= 15 is 0 Å². The molecule has 0 unspecified atom stereocenters. The largest absolute Gasteiger partial charge is 0.416 e. The molecule has 0 aliphatic rings. The van der Waals surface area contributed by atoms with Crippen LogP contribution >= 0.6 is 11.6 Å². The molecular formula is C19H14ClF3N4. The predicted molar refractivity (Wildman–Crippen MR) is 98.1 cm³/mol. The average Bonchev–Trinajstić information content (AvgIpc) is 3.29. The molecule has 4 nitrogen and oxygen atoms in total. The van der Waals surface area contributed by atoms with E-state index in [1.165, 1.54) is 6.07 Å². The van der Waals surface area contributed by atoms with Gasteiger partial charge in [-0.2, -0.15) is 18.3 Å². The number of nitrogens with one attached hydrogen (secondary N) is 1. The zero-order valence-electron chi connectivity index (χ0n) is 14.0. The van der Waals surface area contributed by atoms with E-state index in [0.29, 0.717) is 22.9 Å². The summed E-state index contributed by atoms with van der Waals surface area (Å²) in [6, 6.07) is 13.0. The molecule has 2 heterocycles. The van der Waals surface area contributed by atoms with Crippen LogP contribution in [0.5, 0.6) is 0 Å². The van der Waals surface area contributed by atoms with Crippen LogP contribution in [0.25, 0.3) is 28.2 Å². The van der Waals surface area contributed by atoms with Gasteiger partial charge in [0.2, 0.25) is 0 Å². The van der Waals surface area contributed by atoms with Gasteiger partial charge in [0.1, 0.15) is 5.69 Å². The molecule has 0 saturated heterocycles. The van der Waals surface area contributed by atoms with Crippen LogP contribution in [0.3, 0.4) is 0 Å². The fourth-order valence-electron chi connectivity index (χ4n) is 3.00. The standard InChI is InChI=1S/C19H14ClF3N4/c20-9-7-12-1-4-14(5-2-12)27-17-6-3-13(19(21,22)23)11-16(17)25-18(27)15-8-10-24-26-15/h1-6,8,10-11H,7,9H2,(H,24,26). The zero-order valence-corrected chi connectivity index (χ0v) is 14.7. The fourth-order valence-corrected chi connectivity index (χ4v) is 3.22. The van der Waals surface area contributed by atoms with Gasteiger partial charge in [0.15, 0.2) is 5.82 Å². The van der Waals surface area contributed by atoms with E-state index in [2.05, 4.69) is 15.2 Å². The van der Waals surface area contributed by atoms with Gasteiger partial charge in [0, 0.05) is 17.8 Å². The number of H-pyrrole nitrogens is 1. The smallest absolute Gasteiger partial charge is 0.291 e. The van der Waals surface area contributed by atoms with E-state index in [4.69, 9.17) is 11.6 Å². The van der Waals surface area contributed by atoms with Crippen LogP contribution in [0.4, 0.5) is 13.2 Å². The van der Waals surface area contributed by atoms with E-state index in [1.807, 2.05) is 28.8 Å². The highest BCUT2D eigenvalue weighted by atomic mass is 35.5. The van der Waals surface area contributed by atoms with Gasteiger partial charge in [-0.3, -0.25) is 9.67 Å². The van der Waals surface area contributed by atoms with Crippen LogP contribution < -0.4 is 0 Å². The molecule has 8 heteroatoms. The number of hydrogen-bond donors (Lipinski definition) is 1. The van der Waals surface area contributed by atoms with Gasteiger partial charge in [0.05, 0.1) is 16.6 Å².